The molecular formula is C16H20N4O2. The van der Waals surface area contributed by atoms with Crippen molar-refractivity contribution >= 4 is 11.7 Å². The van der Waals surface area contributed by atoms with Crippen molar-refractivity contribution < 1.29 is 9.21 Å². The predicted molar refractivity (Wildman–Crippen MR) is 82.8 cm³/mol. The topological polar surface area (TPSA) is 71.3 Å². The number of aromatic nitrogens is 2. The summed E-state index contributed by atoms with van der Waals surface area (Å²) in [5.41, 5.74) is 2.08. The van der Waals surface area contributed by atoms with E-state index < -0.39 is 0 Å². The molecule has 0 spiro atoms. The minimum absolute atomic E-state index is 0.0329. The molecule has 3 rings (SSSR count). The van der Waals surface area contributed by atoms with E-state index in [1.165, 1.54) is 6.26 Å². The number of nitrogens with zero attached hydrogens (tertiary/aromatic N) is 3. The normalized spacial score (nSPS) is 15.8. The lowest BCUT2D eigenvalue weighted by molar-refractivity contribution is 0.0686. The maximum absolute atomic E-state index is 12.2. The molecule has 1 saturated heterocycles. The monoisotopic (exact) mass is 300 g/mol. The highest BCUT2D eigenvalue weighted by Gasteiger charge is 2.25. The first-order chi connectivity index (χ1) is 10.6. The van der Waals surface area contributed by atoms with Gasteiger partial charge in [-0.2, -0.15) is 5.10 Å². The summed E-state index contributed by atoms with van der Waals surface area (Å²) in [5.74, 6) is 1.18. The van der Waals surface area contributed by atoms with E-state index in [1.54, 1.807) is 12.1 Å². The zero-order chi connectivity index (χ0) is 15.5. The molecule has 3 heterocycles. The number of anilines is 1. The molecule has 1 aliphatic rings. The molecule has 0 bridgehead atoms. The van der Waals surface area contributed by atoms with Gasteiger partial charge >= 0.3 is 0 Å². The van der Waals surface area contributed by atoms with Gasteiger partial charge in [0.1, 0.15) is 5.82 Å². The Labute approximate surface area is 129 Å². The van der Waals surface area contributed by atoms with E-state index in [1.807, 2.05) is 24.8 Å². The largest absolute Gasteiger partial charge is 0.459 e. The van der Waals surface area contributed by atoms with Crippen molar-refractivity contribution in [1.82, 2.24) is 15.1 Å². The number of hydrogen-bond donors (Lipinski definition) is 1. The van der Waals surface area contributed by atoms with Crippen molar-refractivity contribution in [2.45, 2.75) is 32.7 Å². The van der Waals surface area contributed by atoms with Gasteiger partial charge in [0.05, 0.1) is 12.0 Å². The molecule has 0 aliphatic carbocycles. The average Bonchev–Trinajstić information content (AvgIpc) is 3.05. The third-order valence-electron chi connectivity index (χ3n) is 4.10. The van der Waals surface area contributed by atoms with Gasteiger partial charge in [-0.05, 0) is 50.5 Å². The highest BCUT2D eigenvalue weighted by molar-refractivity contribution is 5.91. The third-order valence-corrected chi connectivity index (χ3v) is 4.10. The molecule has 1 aliphatic heterocycles. The molecule has 1 fully saturated rings. The van der Waals surface area contributed by atoms with Crippen LogP contribution in [0.4, 0.5) is 5.82 Å². The molecule has 0 radical (unpaired) electrons. The van der Waals surface area contributed by atoms with Crippen LogP contribution in [0.5, 0.6) is 0 Å². The van der Waals surface area contributed by atoms with Crippen LogP contribution in [-0.4, -0.2) is 40.1 Å². The Hall–Kier alpha value is -2.37. The summed E-state index contributed by atoms with van der Waals surface area (Å²) < 4.78 is 5.17. The average molecular weight is 300 g/mol. The zero-order valence-corrected chi connectivity index (χ0v) is 12.9. The molecule has 1 N–H and O–H groups in total. The summed E-state index contributed by atoms with van der Waals surface area (Å²) in [7, 11) is 0. The van der Waals surface area contributed by atoms with E-state index >= 15 is 0 Å². The molecule has 0 atom stereocenters. The van der Waals surface area contributed by atoms with Crippen LogP contribution < -0.4 is 5.32 Å². The first-order valence-electron chi connectivity index (χ1n) is 7.54. The van der Waals surface area contributed by atoms with Crippen molar-refractivity contribution in [2.24, 2.45) is 0 Å². The van der Waals surface area contributed by atoms with Gasteiger partial charge in [0.2, 0.25) is 0 Å². The predicted octanol–water partition coefficient (Wildman–Crippen LogP) is 2.40. The second-order valence-electron chi connectivity index (χ2n) is 5.69. The molecule has 2 aromatic rings. The Kier molecular flexibility index (Phi) is 4.09. The van der Waals surface area contributed by atoms with E-state index in [0.29, 0.717) is 11.8 Å². The fourth-order valence-electron chi connectivity index (χ4n) is 2.61. The smallest absolute Gasteiger partial charge is 0.289 e. The van der Waals surface area contributed by atoms with Crippen LogP contribution in [0.2, 0.25) is 0 Å². The standard InChI is InChI=1S/C16H20N4O2/c1-11-10-15(19-18-12(11)2)17-13-5-7-20(8-6-13)16(21)14-4-3-9-22-14/h3-4,9-10,13H,5-8H2,1-2H3,(H,17,19). The van der Waals surface area contributed by atoms with Gasteiger partial charge in [0, 0.05) is 19.1 Å². The lowest BCUT2D eigenvalue weighted by atomic mass is 10.0. The summed E-state index contributed by atoms with van der Waals surface area (Å²) in [5, 5.41) is 11.7. The number of hydrogen-bond acceptors (Lipinski definition) is 5. The second-order valence-corrected chi connectivity index (χ2v) is 5.69. The van der Waals surface area contributed by atoms with Crippen LogP contribution in [0.15, 0.2) is 28.9 Å². The van der Waals surface area contributed by atoms with Gasteiger partial charge in [0.15, 0.2) is 5.76 Å². The molecule has 0 saturated carbocycles. The Bertz CT molecular complexity index is 646. The summed E-state index contributed by atoms with van der Waals surface area (Å²) in [6.45, 7) is 5.41. The van der Waals surface area contributed by atoms with Gasteiger partial charge in [-0.1, -0.05) is 0 Å². The number of rotatable bonds is 3. The maximum Gasteiger partial charge on any atom is 0.289 e. The zero-order valence-electron chi connectivity index (χ0n) is 12.9. The van der Waals surface area contributed by atoms with Crippen LogP contribution in [-0.2, 0) is 0 Å². The number of likely N-dealkylation sites (tertiary alicyclic amines) is 1. The van der Waals surface area contributed by atoms with Gasteiger partial charge in [0.25, 0.3) is 5.91 Å². The SMILES string of the molecule is Cc1cc(NC2CCN(C(=O)c3ccco3)CC2)nnc1C. The molecule has 22 heavy (non-hydrogen) atoms. The van der Waals surface area contributed by atoms with E-state index in [-0.39, 0.29) is 5.91 Å². The molecule has 0 aromatic carbocycles. The molecule has 6 nitrogen and oxygen atoms in total. The molecule has 1 amide bonds. The Morgan fingerprint density at radius 2 is 2.09 bits per heavy atom. The second kappa shape index (κ2) is 6.17. The molecule has 116 valence electrons. The Morgan fingerprint density at radius 3 is 2.73 bits per heavy atom. The fraction of sp³-hybridized carbons (Fsp3) is 0.438. The van der Waals surface area contributed by atoms with Crippen LogP contribution >= 0.6 is 0 Å². The van der Waals surface area contributed by atoms with Crippen molar-refractivity contribution in [3.8, 4) is 0 Å². The summed E-state index contributed by atoms with van der Waals surface area (Å²) in [6, 6.07) is 5.78. The lowest BCUT2D eigenvalue weighted by Gasteiger charge is -2.32. The molecular weight excluding hydrogens is 280 g/mol. The van der Waals surface area contributed by atoms with Crippen LogP contribution in [0, 0.1) is 13.8 Å². The van der Waals surface area contributed by atoms with Gasteiger partial charge in [-0.15, -0.1) is 5.10 Å². The van der Waals surface area contributed by atoms with Crippen LogP contribution in [0.3, 0.4) is 0 Å². The number of piperidine rings is 1. The van der Waals surface area contributed by atoms with Gasteiger partial charge in [-0.3, -0.25) is 4.79 Å². The minimum Gasteiger partial charge on any atom is -0.459 e. The van der Waals surface area contributed by atoms with Gasteiger partial charge < -0.3 is 14.6 Å². The Morgan fingerprint density at radius 1 is 1.32 bits per heavy atom. The van der Waals surface area contributed by atoms with Crippen molar-refractivity contribution in [1.29, 1.82) is 0 Å². The number of amides is 1. The van der Waals surface area contributed by atoms with Crippen molar-refractivity contribution in [3.05, 3.63) is 41.5 Å². The first-order valence-corrected chi connectivity index (χ1v) is 7.54. The number of furan rings is 1. The van der Waals surface area contributed by atoms with E-state index in [9.17, 15) is 4.79 Å². The minimum atomic E-state index is -0.0329. The van der Waals surface area contributed by atoms with Gasteiger partial charge in [-0.25, -0.2) is 0 Å². The van der Waals surface area contributed by atoms with Crippen molar-refractivity contribution in [2.75, 3.05) is 18.4 Å². The number of aryl methyl sites for hydroxylation is 2. The Balaban J connectivity index is 1.55. The number of carbonyl (C=O) groups excluding carboxylic acids is 1. The molecule has 6 heteroatoms. The quantitative estimate of drug-likeness (QED) is 0.942. The van der Waals surface area contributed by atoms with Crippen molar-refractivity contribution in [3.63, 3.8) is 0 Å². The number of carbonyl (C=O) groups is 1. The van der Waals surface area contributed by atoms with E-state index in [2.05, 4.69) is 15.5 Å². The first kappa shape index (κ1) is 14.6. The summed E-state index contributed by atoms with van der Waals surface area (Å²) >= 11 is 0. The van der Waals surface area contributed by atoms with E-state index in [0.717, 1.165) is 43.0 Å². The van der Waals surface area contributed by atoms with Crippen LogP contribution in [0.1, 0.15) is 34.7 Å². The maximum atomic E-state index is 12.2. The van der Waals surface area contributed by atoms with Crippen LogP contribution in [0.25, 0.3) is 0 Å². The highest BCUT2D eigenvalue weighted by Crippen LogP contribution is 2.18. The lowest BCUT2D eigenvalue weighted by Crippen LogP contribution is -2.42. The number of nitrogens with one attached hydrogen (secondary N) is 1. The van der Waals surface area contributed by atoms with E-state index in [4.69, 9.17) is 4.42 Å². The molecule has 2 aromatic heterocycles. The highest BCUT2D eigenvalue weighted by atomic mass is 16.3. The third kappa shape index (κ3) is 3.10. The summed E-state index contributed by atoms with van der Waals surface area (Å²) in [6.07, 6.45) is 3.31. The summed E-state index contributed by atoms with van der Waals surface area (Å²) in [4.78, 5) is 14.0. The molecule has 0 unspecified atom stereocenters. The fourth-order valence-corrected chi connectivity index (χ4v) is 2.61.